The van der Waals surface area contributed by atoms with Gasteiger partial charge in [0.2, 0.25) is 0 Å². The molecule has 1 aromatic carbocycles. The van der Waals surface area contributed by atoms with E-state index in [4.69, 9.17) is 23.2 Å². The Labute approximate surface area is 153 Å². The molecule has 2 aromatic rings. The Balaban J connectivity index is 1.59. The van der Waals surface area contributed by atoms with Gasteiger partial charge in [-0.1, -0.05) is 29.3 Å². The van der Waals surface area contributed by atoms with Crippen LogP contribution in [0.25, 0.3) is 0 Å². The molecule has 1 saturated heterocycles. The first-order chi connectivity index (χ1) is 12.0. The van der Waals surface area contributed by atoms with Crippen molar-refractivity contribution in [3.05, 3.63) is 51.8 Å². The number of carbonyl (C=O) groups is 1. The fraction of sp³-hybridized carbons (Fsp3) is 0.375. The van der Waals surface area contributed by atoms with Crippen LogP contribution in [-0.2, 0) is 6.54 Å². The highest BCUT2D eigenvalue weighted by Gasteiger charge is 2.25. The quantitative estimate of drug-likeness (QED) is 0.804. The van der Waals surface area contributed by atoms with Crippen LogP contribution < -0.4 is 0 Å². The van der Waals surface area contributed by atoms with Gasteiger partial charge in [0.05, 0.1) is 0 Å². The first kappa shape index (κ1) is 18.1. The molecule has 1 aliphatic rings. The van der Waals surface area contributed by atoms with Crippen molar-refractivity contribution in [3.63, 3.8) is 0 Å². The summed E-state index contributed by atoms with van der Waals surface area (Å²) in [5.41, 5.74) is 0.893. The summed E-state index contributed by atoms with van der Waals surface area (Å²) in [5.74, 6) is -0.338. The molecule has 0 spiro atoms. The van der Waals surface area contributed by atoms with Gasteiger partial charge in [-0.05, 0) is 18.2 Å². The molecule has 0 radical (unpaired) electrons. The molecule has 0 bridgehead atoms. The summed E-state index contributed by atoms with van der Waals surface area (Å²) >= 11 is 12.4. The van der Waals surface area contributed by atoms with E-state index in [1.54, 1.807) is 23.1 Å². The van der Waals surface area contributed by atoms with Gasteiger partial charge in [-0.15, -0.1) is 0 Å². The summed E-state index contributed by atoms with van der Waals surface area (Å²) in [6.45, 7) is 0.107. The maximum atomic E-state index is 12.6. The number of hydrogen-bond donors (Lipinski definition) is 0. The number of carbonyl (C=O) groups excluding carboxylic acids is 1. The maximum Gasteiger partial charge on any atom is 0.333 e. The summed E-state index contributed by atoms with van der Waals surface area (Å²) in [5, 5.41) is 4.85. The first-order valence-corrected chi connectivity index (χ1v) is 8.49. The largest absolute Gasteiger partial charge is 0.335 e. The third-order valence-corrected chi connectivity index (χ3v) is 4.84. The topological polar surface area (TPSA) is 41.4 Å². The number of rotatable bonds is 4. The Morgan fingerprint density at radius 2 is 1.76 bits per heavy atom. The predicted molar refractivity (Wildman–Crippen MR) is 91.1 cm³/mol. The molecule has 1 aromatic heterocycles. The molecule has 5 nitrogen and oxygen atoms in total. The number of halogens is 4. The number of alkyl halides is 2. The van der Waals surface area contributed by atoms with Crippen molar-refractivity contribution in [3.8, 4) is 0 Å². The maximum absolute atomic E-state index is 12.6. The molecule has 25 heavy (non-hydrogen) atoms. The minimum atomic E-state index is -2.75. The predicted octanol–water partition coefficient (Wildman–Crippen LogP) is 3.54. The zero-order valence-electron chi connectivity index (χ0n) is 13.2. The third kappa shape index (κ3) is 4.11. The highest BCUT2D eigenvalue weighted by Crippen LogP contribution is 2.26. The lowest BCUT2D eigenvalue weighted by Crippen LogP contribution is -2.48. The lowest BCUT2D eigenvalue weighted by Gasteiger charge is -2.34. The molecule has 2 heterocycles. The normalized spacial score (nSPS) is 15.8. The van der Waals surface area contributed by atoms with Gasteiger partial charge < -0.3 is 4.90 Å². The SMILES string of the molecule is O=C(c1ccn(C(F)F)n1)N1CCN(Cc2c(Cl)cccc2Cl)CC1. The minimum absolute atomic E-state index is 0.0305. The van der Waals surface area contributed by atoms with Crippen molar-refractivity contribution in [1.29, 1.82) is 0 Å². The van der Waals surface area contributed by atoms with Crippen LogP contribution in [0.2, 0.25) is 10.0 Å². The molecule has 1 fully saturated rings. The van der Waals surface area contributed by atoms with Crippen molar-refractivity contribution in [2.24, 2.45) is 0 Å². The third-order valence-electron chi connectivity index (χ3n) is 4.13. The molecule has 3 rings (SSSR count). The molecule has 0 aliphatic carbocycles. The zero-order valence-corrected chi connectivity index (χ0v) is 14.7. The van der Waals surface area contributed by atoms with Crippen LogP contribution >= 0.6 is 23.2 Å². The fourth-order valence-electron chi connectivity index (χ4n) is 2.74. The molecule has 0 atom stereocenters. The molecule has 0 N–H and O–H groups in total. The van der Waals surface area contributed by atoms with E-state index in [-0.39, 0.29) is 11.6 Å². The Hall–Kier alpha value is -1.70. The van der Waals surface area contributed by atoms with E-state index in [0.29, 0.717) is 47.5 Å². The molecular weight excluding hydrogens is 373 g/mol. The van der Waals surface area contributed by atoms with E-state index in [2.05, 4.69) is 10.00 Å². The molecule has 1 amide bonds. The summed E-state index contributed by atoms with van der Waals surface area (Å²) in [6, 6.07) is 6.69. The summed E-state index contributed by atoms with van der Waals surface area (Å²) in [6.07, 6.45) is 1.10. The van der Waals surface area contributed by atoms with Crippen LogP contribution in [0.1, 0.15) is 22.6 Å². The lowest BCUT2D eigenvalue weighted by molar-refractivity contribution is 0.0534. The van der Waals surface area contributed by atoms with Crippen molar-refractivity contribution < 1.29 is 13.6 Å². The average molecular weight is 389 g/mol. The van der Waals surface area contributed by atoms with E-state index < -0.39 is 6.55 Å². The molecule has 1 aliphatic heterocycles. The first-order valence-electron chi connectivity index (χ1n) is 7.73. The Morgan fingerprint density at radius 3 is 2.32 bits per heavy atom. The molecule has 0 saturated carbocycles. The van der Waals surface area contributed by atoms with Crippen LogP contribution in [0.15, 0.2) is 30.5 Å². The number of piperazine rings is 1. The number of benzene rings is 1. The second-order valence-electron chi connectivity index (χ2n) is 5.73. The summed E-state index contributed by atoms with van der Waals surface area (Å²) in [4.78, 5) is 16.1. The van der Waals surface area contributed by atoms with Crippen LogP contribution in [0.4, 0.5) is 8.78 Å². The van der Waals surface area contributed by atoms with Crippen LogP contribution in [0.3, 0.4) is 0 Å². The van der Waals surface area contributed by atoms with E-state index in [1.807, 2.05) is 0 Å². The minimum Gasteiger partial charge on any atom is -0.335 e. The van der Waals surface area contributed by atoms with E-state index in [9.17, 15) is 13.6 Å². The van der Waals surface area contributed by atoms with Gasteiger partial charge in [-0.2, -0.15) is 13.9 Å². The van der Waals surface area contributed by atoms with Crippen molar-refractivity contribution in [2.75, 3.05) is 26.2 Å². The van der Waals surface area contributed by atoms with Crippen LogP contribution in [-0.4, -0.2) is 51.7 Å². The Morgan fingerprint density at radius 1 is 1.12 bits per heavy atom. The van der Waals surface area contributed by atoms with Gasteiger partial charge in [0.1, 0.15) is 0 Å². The second kappa shape index (κ2) is 7.68. The number of nitrogens with zero attached hydrogens (tertiary/aromatic N) is 4. The Bertz CT molecular complexity index is 740. The zero-order chi connectivity index (χ0) is 18.0. The molecule has 0 unspecified atom stereocenters. The van der Waals surface area contributed by atoms with E-state index in [1.165, 1.54) is 6.07 Å². The van der Waals surface area contributed by atoms with E-state index >= 15 is 0 Å². The number of aromatic nitrogens is 2. The van der Waals surface area contributed by atoms with E-state index in [0.717, 1.165) is 11.8 Å². The van der Waals surface area contributed by atoms with Crippen LogP contribution in [0, 0.1) is 0 Å². The van der Waals surface area contributed by atoms with Crippen molar-refractivity contribution in [1.82, 2.24) is 19.6 Å². The second-order valence-corrected chi connectivity index (χ2v) is 6.54. The smallest absolute Gasteiger partial charge is 0.333 e. The van der Waals surface area contributed by atoms with Crippen molar-refractivity contribution >= 4 is 29.1 Å². The Kier molecular flexibility index (Phi) is 5.56. The highest BCUT2D eigenvalue weighted by molar-refractivity contribution is 6.35. The van der Waals surface area contributed by atoms with Crippen molar-refractivity contribution in [2.45, 2.75) is 13.1 Å². The number of hydrogen-bond acceptors (Lipinski definition) is 3. The highest BCUT2D eigenvalue weighted by atomic mass is 35.5. The van der Waals surface area contributed by atoms with Gasteiger partial charge in [0, 0.05) is 54.5 Å². The van der Waals surface area contributed by atoms with Crippen LogP contribution in [0.5, 0.6) is 0 Å². The number of amides is 1. The van der Waals surface area contributed by atoms with Gasteiger partial charge in [-0.25, -0.2) is 4.68 Å². The molecular formula is C16H16Cl2F2N4O. The lowest BCUT2D eigenvalue weighted by atomic mass is 10.2. The standard InChI is InChI=1S/C16H16Cl2F2N4O/c17-12-2-1-3-13(18)11(12)10-22-6-8-23(9-7-22)15(25)14-4-5-24(21-14)16(19)20/h1-5,16H,6-10H2. The summed E-state index contributed by atoms with van der Waals surface area (Å²) in [7, 11) is 0. The molecule has 9 heteroatoms. The van der Waals surface area contributed by atoms with Gasteiger partial charge in [-0.3, -0.25) is 9.69 Å². The summed E-state index contributed by atoms with van der Waals surface area (Å²) < 4.78 is 25.6. The average Bonchev–Trinajstić information content (AvgIpc) is 3.09. The van der Waals surface area contributed by atoms with Gasteiger partial charge in [0.25, 0.3) is 5.91 Å². The monoisotopic (exact) mass is 388 g/mol. The van der Waals surface area contributed by atoms with Gasteiger partial charge in [0.15, 0.2) is 5.69 Å². The fourth-order valence-corrected chi connectivity index (χ4v) is 3.26. The van der Waals surface area contributed by atoms with Gasteiger partial charge >= 0.3 is 6.55 Å². The molecule has 134 valence electrons.